The zero-order valence-corrected chi connectivity index (χ0v) is 15.6. The lowest BCUT2D eigenvalue weighted by atomic mass is 10.0. The van der Waals surface area contributed by atoms with Crippen LogP contribution < -0.4 is 20.5 Å². The number of aryl methyl sites for hydroxylation is 1. The van der Waals surface area contributed by atoms with Crippen LogP contribution in [0.15, 0.2) is 41.5 Å². The van der Waals surface area contributed by atoms with Gasteiger partial charge in [-0.05, 0) is 44.4 Å². The fourth-order valence-electron chi connectivity index (χ4n) is 3.37. The Morgan fingerprint density at radius 1 is 1.27 bits per heavy atom. The molecule has 6 heteroatoms. The molecule has 0 atom stereocenters. The largest absolute Gasteiger partial charge is 0.494 e. The van der Waals surface area contributed by atoms with Gasteiger partial charge >= 0.3 is 0 Å². The molecule has 0 radical (unpaired) electrons. The summed E-state index contributed by atoms with van der Waals surface area (Å²) in [7, 11) is 0. The molecule has 1 saturated heterocycles. The molecule has 26 heavy (non-hydrogen) atoms. The standard InChI is InChI=1S/C20H28N4O2/c1-3-23-13-10-21-19(20(23)25)24-11-8-17(9-12-24)22-15-16-6-5-7-18(14-16)26-4-2/h5-7,10,13-14,17,22H,3-4,8-9,11-12,15H2,1-2H3. The van der Waals surface area contributed by atoms with E-state index in [1.807, 2.05) is 26.0 Å². The summed E-state index contributed by atoms with van der Waals surface area (Å²) in [6, 6.07) is 8.68. The van der Waals surface area contributed by atoms with E-state index in [2.05, 4.69) is 27.3 Å². The Labute approximate surface area is 154 Å². The van der Waals surface area contributed by atoms with E-state index >= 15 is 0 Å². The predicted molar refractivity (Wildman–Crippen MR) is 104 cm³/mol. The Bertz CT molecular complexity index is 766. The van der Waals surface area contributed by atoms with Gasteiger partial charge in [-0.25, -0.2) is 4.98 Å². The molecule has 1 aromatic carbocycles. The molecule has 1 aromatic heterocycles. The number of benzene rings is 1. The van der Waals surface area contributed by atoms with Crippen LogP contribution in [0.3, 0.4) is 0 Å². The summed E-state index contributed by atoms with van der Waals surface area (Å²) in [5.41, 5.74) is 1.24. The number of hydrogen-bond donors (Lipinski definition) is 1. The van der Waals surface area contributed by atoms with Crippen molar-refractivity contribution in [2.24, 2.45) is 0 Å². The van der Waals surface area contributed by atoms with Gasteiger partial charge in [-0.1, -0.05) is 12.1 Å². The molecule has 1 fully saturated rings. The molecule has 2 aromatic rings. The molecule has 0 spiro atoms. The maximum absolute atomic E-state index is 12.4. The molecule has 0 saturated carbocycles. The lowest BCUT2D eigenvalue weighted by Crippen LogP contribution is -2.44. The highest BCUT2D eigenvalue weighted by atomic mass is 16.5. The molecule has 3 rings (SSSR count). The van der Waals surface area contributed by atoms with Gasteiger partial charge in [-0.3, -0.25) is 4.79 Å². The zero-order chi connectivity index (χ0) is 18.4. The average molecular weight is 356 g/mol. The maximum Gasteiger partial charge on any atom is 0.293 e. The molecular formula is C20H28N4O2. The van der Waals surface area contributed by atoms with Crippen LogP contribution in [-0.2, 0) is 13.1 Å². The second kappa shape index (κ2) is 8.85. The van der Waals surface area contributed by atoms with Crippen LogP contribution in [0.5, 0.6) is 5.75 Å². The van der Waals surface area contributed by atoms with E-state index in [0.29, 0.717) is 25.0 Å². The highest BCUT2D eigenvalue weighted by Gasteiger charge is 2.22. The minimum atomic E-state index is 0.00847. The van der Waals surface area contributed by atoms with Gasteiger partial charge < -0.3 is 19.5 Å². The average Bonchev–Trinajstić information content (AvgIpc) is 2.68. The molecule has 1 aliphatic heterocycles. The molecular weight excluding hydrogens is 328 g/mol. The first-order chi connectivity index (χ1) is 12.7. The fourth-order valence-corrected chi connectivity index (χ4v) is 3.37. The third kappa shape index (κ3) is 4.43. The van der Waals surface area contributed by atoms with Crippen LogP contribution in [0, 0.1) is 0 Å². The Balaban J connectivity index is 1.53. The van der Waals surface area contributed by atoms with Crippen LogP contribution in [0.1, 0.15) is 32.3 Å². The van der Waals surface area contributed by atoms with E-state index in [4.69, 9.17) is 4.74 Å². The first kappa shape index (κ1) is 18.5. The Morgan fingerprint density at radius 2 is 2.08 bits per heavy atom. The second-order valence-electron chi connectivity index (χ2n) is 6.56. The van der Waals surface area contributed by atoms with Crippen LogP contribution in [0.25, 0.3) is 0 Å². The summed E-state index contributed by atoms with van der Waals surface area (Å²) in [4.78, 5) is 18.8. The van der Waals surface area contributed by atoms with Crippen molar-refractivity contribution < 1.29 is 4.74 Å². The normalized spacial score (nSPS) is 15.2. The van der Waals surface area contributed by atoms with Crippen molar-refractivity contribution in [2.75, 3.05) is 24.6 Å². The van der Waals surface area contributed by atoms with Gasteiger partial charge in [0.1, 0.15) is 5.75 Å². The summed E-state index contributed by atoms with van der Waals surface area (Å²) in [6.07, 6.45) is 5.48. The highest BCUT2D eigenvalue weighted by molar-refractivity contribution is 5.36. The van der Waals surface area contributed by atoms with E-state index < -0.39 is 0 Å². The van der Waals surface area contributed by atoms with E-state index in [0.717, 1.165) is 38.2 Å². The molecule has 0 aliphatic carbocycles. The van der Waals surface area contributed by atoms with Crippen molar-refractivity contribution in [2.45, 2.75) is 45.8 Å². The van der Waals surface area contributed by atoms with Crippen molar-refractivity contribution in [1.29, 1.82) is 0 Å². The first-order valence-corrected chi connectivity index (χ1v) is 9.46. The third-order valence-electron chi connectivity index (χ3n) is 4.84. The van der Waals surface area contributed by atoms with Crippen LogP contribution in [0.4, 0.5) is 5.82 Å². The van der Waals surface area contributed by atoms with Gasteiger partial charge in [0.2, 0.25) is 0 Å². The number of piperidine rings is 1. The number of rotatable bonds is 7. The Morgan fingerprint density at radius 3 is 2.81 bits per heavy atom. The molecule has 140 valence electrons. The first-order valence-electron chi connectivity index (χ1n) is 9.46. The SMILES string of the molecule is CCOc1cccc(CNC2CCN(c3nccn(CC)c3=O)CC2)c1. The Hall–Kier alpha value is -2.34. The predicted octanol–water partition coefficient (Wildman–Crippen LogP) is 2.42. The second-order valence-corrected chi connectivity index (χ2v) is 6.56. The van der Waals surface area contributed by atoms with Crippen molar-refractivity contribution >= 4 is 5.82 Å². The van der Waals surface area contributed by atoms with Gasteiger partial charge in [0, 0.05) is 44.6 Å². The lowest BCUT2D eigenvalue weighted by Gasteiger charge is -2.33. The molecule has 0 amide bonds. The molecule has 1 aliphatic rings. The van der Waals surface area contributed by atoms with E-state index in [1.165, 1.54) is 5.56 Å². The molecule has 1 N–H and O–H groups in total. The van der Waals surface area contributed by atoms with Crippen LogP contribution >= 0.6 is 0 Å². The van der Waals surface area contributed by atoms with Gasteiger partial charge in [0.15, 0.2) is 5.82 Å². The van der Waals surface area contributed by atoms with E-state index in [-0.39, 0.29) is 5.56 Å². The highest BCUT2D eigenvalue weighted by Crippen LogP contribution is 2.17. The number of nitrogens with one attached hydrogen (secondary N) is 1. The number of nitrogens with zero attached hydrogens (tertiary/aromatic N) is 3. The van der Waals surface area contributed by atoms with E-state index in [1.54, 1.807) is 17.0 Å². The van der Waals surface area contributed by atoms with Gasteiger partial charge in [0.25, 0.3) is 5.56 Å². The van der Waals surface area contributed by atoms with Crippen LogP contribution in [0.2, 0.25) is 0 Å². The van der Waals surface area contributed by atoms with Gasteiger partial charge in [0.05, 0.1) is 6.61 Å². The van der Waals surface area contributed by atoms with Gasteiger partial charge in [-0.15, -0.1) is 0 Å². The van der Waals surface area contributed by atoms with Crippen molar-refractivity contribution in [3.05, 3.63) is 52.6 Å². The quantitative estimate of drug-likeness (QED) is 0.826. The summed E-state index contributed by atoms with van der Waals surface area (Å²) in [5, 5.41) is 3.63. The summed E-state index contributed by atoms with van der Waals surface area (Å²) < 4.78 is 7.26. The number of anilines is 1. The number of ether oxygens (including phenoxy) is 1. The third-order valence-corrected chi connectivity index (χ3v) is 4.84. The number of hydrogen-bond acceptors (Lipinski definition) is 5. The van der Waals surface area contributed by atoms with Crippen molar-refractivity contribution in [3.63, 3.8) is 0 Å². The smallest absolute Gasteiger partial charge is 0.293 e. The lowest BCUT2D eigenvalue weighted by molar-refractivity contribution is 0.339. The van der Waals surface area contributed by atoms with E-state index in [9.17, 15) is 4.79 Å². The zero-order valence-electron chi connectivity index (χ0n) is 15.6. The summed E-state index contributed by atoms with van der Waals surface area (Å²) in [5.74, 6) is 1.50. The maximum atomic E-state index is 12.4. The number of aromatic nitrogens is 2. The molecule has 0 bridgehead atoms. The van der Waals surface area contributed by atoms with Gasteiger partial charge in [-0.2, -0.15) is 0 Å². The minimum absolute atomic E-state index is 0.00847. The minimum Gasteiger partial charge on any atom is -0.494 e. The summed E-state index contributed by atoms with van der Waals surface area (Å²) >= 11 is 0. The van der Waals surface area contributed by atoms with Crippen molar-refractivity contribution in [3.8, 4) is 5.75 Å². The molecule has 2 heterocycles. The van der Waals surface area contributed by atoms with Crippen molar-refractivity contribution in [1.82, 2.24) is 14.9 Å². The fraction of sp³-hybridized carbons (Fsp3) is 0.500. The Kier molecular flexibility index (Phi) is 6.28. The van der Waals surface area contributed by atoms with Crippen LogP contribution in [-0.4, -0.2) is 35.3 Å². The topological polar surface area (TPSA) is 59.4 Å². The monoisotopic (exact) mass is 356 g/mol. The molecule has 0 unspecified atom stereocenters. The summed E-state index contributed by atoms with van der Waals surface area (Å²) in [6.45, 7) is 7.87. The molecule has 6 nitrogen and oxygen atoms in total.